The minimum atomic E-state index is -1.38. The third kappa shape index (κ3) is 2.27. The molecule has 0 spiro atoms. The highest BCUT2D eigenvalue weighted by atomic mass is 32.2. The van der Waals surface area contributed by atoms with E-state index in [-0.39, 0.29) is 5.75 Å². The Labute approximate surface area is 74.3 Å². The van der Waals surface area contributed by atoms with Crippen LogP contribution in [-0.4, -0.2) is 23.2 Å². The van der Waals surface area contributed by atoms with Gasteiger partial charge in [0.15, 0.2) is 0 Å². The van der Waals surface area contributed by atoms with Gasteiger partial charge in [0.05, 0.1) is 28.2 Å². The van der Waals surface area contributed by atoms with Crippen molar-refractivity contribution in [3.63, 3.8) is 0 Å². The lowest BCUT2D eigenvalue weighted by Gasteiger charge is -2.29. The third-order valence-corrected chi connectivity index (χ3v) is 2.94. The van der Waals surface area contributed by atoms with Gasteiger partial charge < -0.3 is 4.74 Å². The van der Waals surface area contributed by atoms with Crippen LogP contribution in [0.1, 0.15) is 12.8 Å². The first-order valence-corrected chi connectivity index (χ1v) is 5.18. The van der Waals surface area contributed by atoms with Crippen LogP contribution in [0.25, 0.3) is 0 Å². The summed E-state index contributed by atoms with van der Waals surface area (Å²) in [4.78, 5) is 0. The van der Waals surface area contributed by atoms with Crippen LogP contribution in [0.5, 0.6) is 0 Å². The minimum absolute atomic E-state index is 0.271. The first-order valence-electron chi connectivity index (χ1n) is 3.80. The molecule has 0 radical (unpaired) electrons. The van der Waals surface area contributed by atoms with Crippen molar-refractivity contribution in [3.05, 3.63) is 0 Å². The van der Waals surface area contributed by atoms with Gasteiger partial charge in [-0.15, -0.1) is 0 Å². The van der Waals surface area contributed by atoms with Crippen molar-refractivity contribution in [2.75, 3.05) is 19.0 Å². The predicted molar refractivity (Wildman–Crippen MR) is 45.3 cm³/mol. The summed E-state index contributed by atoms with van der Waals surface area (Å²) in [5, 5.41) is 14.1. The van der Waals surface area contributed by atoms with E-state index < -0.39 is 16.4 Å². The molecule has 1 unspecified atom stereocenters. The first kappa shape index (κ1) is 9.65. The van der Waals surface area contributed by atoms with Gasteiger partial charge in [0.2, 0.25) is 0 Å². The van der Waals surface area contributed by atoms with Gasteiger partial charge in [-0.3, -0.25) is 5.14 Å². The maximum absolute atomic E-state index is 10.8. The van der Waals surface area contributed by atoms with Gasteiger partial charge in [0, 0.05) is 13.2 Å². The highest BCUT2D eigenvalue weighted by molar-refractivity contribution is 7.82. The Morgan fingerprint density at radius 2 is 2.17 bits per heavy atom. The van der Waals surface area contributed by atoms with Crippen molar-refractivity contribution in [1.82, 2.24) is 0 Å². The van der Waals surface area contributed by atoms with Crippen LogP contribution in [-0.2, 0) is 15.7 Å². The Morgan fingerprint density at radius 1 is 1.58 bits per heavy atom. The minimum Gasteiger partial charge on any atom is -0.381 e. The molecule has 0 saturated carbocycles. The van der Waals surface area contributed by atoms with Gasteiger partial charge in [-0.1, -0.05) is 0 Å². The van der Waals surface area contributed by atoms with E-state index in [0.29, 0.717) is 26.1 Å². The van der Waals surface area contributed by atoms with Gasteiger partial charge in [-0.2, -0.15) is 5.26 Å². The van der Waals surface area contributed by atoms with Crippen molar-refractivity contribution in [2.45, 2.75) is 12.8 Å². The second kappa shape index (κ2) is 3.99. The lowest BCUT2D eigenvalue weighted by molar-refractivity contribution is 0.0494. The van der Waals surface area contributed by atoms with E-state index in [1.807, 2.05) is 0 Å². The summed E-state index contributed by atoms with van der Waals surface area (Å²) in [5.41, 5.74) is -0.502. The molecule has 5 heteroatoms. The predicted octanol–water partition coefficient (Wildman–Crippen LogP) is -0.0708. The van der Waals surface area contributed by atoms with Gasteiger partial charge in [-0.25, -0.2) is 4.21 Å². The number of hydrogen-bond donors (Lipinski definition) is 1. The molecule has 1 heterocycles. The molecule has 1 aliphatic heterocycles. The normalized spacial score (nSPS) is 24.3. The highest BCUT2D eigenvalue weighted by Gasteiger charge is 2.33. The molecule has 4 nitrogen and oxygen atoms in total. The summed E-state index contributed by atoms with van der Waals surface area (Å²) in [6.07, 6.45) is 1.29. The molecule has 1 saturated heterocycles. The molecule has 0 aromatic rings. The van der Waals surface area contributed by atoms with E-state index in [1.54, 1.807) is 0 Å². The summed E-state index contributed by atoms with van der Waals surface area (Å²) in [6, 6.07) is 2.20. The molecule has 1 atom stereocenters. The van der Waals surface area contributed by atoms with Crippen LogP contribution in [0, 0.1) is 16.7 Å². The maximum atomic E-state index is 10.8. The highest BCUT2D eigenvalue weighted by Crippen LogP contribution is 2.29. The monoisotopic (exact) mass is 188 g/mol. The average molecular weight is 188 g/mol. The Bertz CT molecular complexity index is 218. The number of nitrogens with zero attached hydrogens (tertiary/aromatic N) is 1. The average Bonchev–Trinajstić information content (AvgIpc) is 2.05. The molecule has 0 aromatic heterocycles. The van der Waals surface area contributed by atoms with Crippen LogP contribution in [0.2, 0.25) is 0 Å². The molecule has 0 aromatic carbocycles. The largest absolute Gasteiger partial charge is 0.381 e. The van der Waals surface area contributed by atoms with E-state index in [1.165, 1.54) is 0 Å². The molecular weight excluding hydrogens is 176 g/mol. The summed E-state index contributed by atoms with van der Waals surface area (Å²) >= 11 is 0. The molecule has 1 rings (SSSR count). The molecule has 2 N–H and O–H groups in total. The second-order valence-corrected chi connectivity index (χ2v) is 4.08. The van der Waals surface area contributed by atoms with Crippen molar-refractivity contribution >= 4 is 11.0 Å². The van der Waals surface area contributed by atoms with E-state index in [9.17, 15) is 4.21 Å². The van der Waals surface area contributed by atoms with Gasteiger partial charge in [0.1, 0.15) is 0 Å². The van der Waals surface area contributed by atoms with Crippen molar-refractivity contribution in [2.24, 2.45) is 10.6 Å². The molecule has 1 fully saturated rings. The Balaban J connectivity index is 2.61. The Morgan fingerprint density at radius 3 is 2.58 bits per heavy atom. The zero-order valence-corrected chi connectivity index (χ0v) is 7.60. The van der Waals surface area contributed by atoms with Crippen molar-refractivity contribution < 1.29 is 8.95 Å². The van der Waals surface area contributed by atoms with Gasteiger partial charge in [0.25, 0.3) is 0 Å². The van der Waals surface area contributed by atoms with Crippen LogP contribution < -0.4 is 5.14 Å². The summed E-state index contributed by atoms with van der Waals surface area (Å²) in [5.74, 6) is 0.271. The van der Waals surface area contributed by atoms with E-state index in [0.717, 1.165) is 0 Å². The van der Waals surface area contributed by atoms with E-state index >= 15 is 0 Å². The van der Waals surface area contributed by atoms with E-state index in [2.05, 4.69) is 6.07 Å². The zero-order chi connectivity index (χ0) is 9.03. The molecule has 0 bridgehead atoms. The lowest BCUT2D eigenvalue weighted by atomic mass is 9.84. The topological polar surface area (TPSA) is 76.1 Å². The van der Waals surface area contributed by atoms with Crippen molar-refractivity contribution in [3.8, 4) is 6.07 Å². The fraction of sp³-hybridized carbons (Fsp3) is 0.857. The SMILES string of the molecule is N#CC1(CS(N)=O)CCOCC1. The van der Waals surface area contributed by atoms with Crippen LogP contribution >= 0.6 is 0 Å². The number of nitrogens with two attached hydrogens (primary N) is 1. The number of ether oxygens (including phenoxy) is 1. The molecule has 1 aliphatic rings. The fourth-order valence-electron chi connectivity index (χ4n) is 1.32. The number of nitriles is 1. The quantitative estimate of drug-likeness (QED) is 0.659. The fourth-order valence-corrected chi connectivity index (χ4v) is 2.22. The van der Waals surface area contributed by atoms with Crippen LogP contribution in [0.15, 0.2) is 0 Å². The van der Waals surface area contributed by atoms with Crippen LogP contribution in [0.3, 0.4) is 0 Å². The molecule has 68 valence electrons. The molecule has 0 aliphatic carbocycles. The Kier molecular flexibility index (Phi) is 3.20. The summed E-state index contributed by atoms with van der Waals surface area (Å²) < 4.78 is 15.9. The maximum Gasteiger partial charge on any atom is 0.0904 e. The van der Waals surface area contributed by atoms with Gasteiger partial charge in [-0.05, 0) is 12.8 Å². The summed E-state index contributed by atoms with van der Waals surface area (Å²) in [7, 11) is -1.38. The standard InChI is InChI=1S/C7H12N2O2S/c8-5-7(6-12(9)10)1-3-11-4-2-7/h1-4,6,9H2. The van der Waals surface area contributed by atoms with Gasteiger partial charge >= 0.3 is 0 Å². The first-order chi connectivity index (χ1) is 5.68. The molecule has 0 amide bonds. The second-order valence-electron chi connectivity index (χ2n) is 3.03. The van der Waals surface area contributed by atoms with E-state index in [4.69, 9.17) is 15.1 Å². The third-order valence-electron chi connectivity index (χ3n) is 2.11. The van der Waals surface area contributed by atoms with Crippen LogP contribution in [0.4, 0.5) is 0 Å². The zero-order valence-electron chi connectivity index (χ0n) is 6.78. The lowest BCUT2D eigenvalue weighted by Crippen LogP contribution is -2.34. The van der Waals surface area contributed by atoms with Crippen molar-refractivity contribution in [1.29, 1.82) is 5.26 Å². The number of hydrogen-bond acceptors (Lipinski definition) is 3. The number of rotatable bonds is 2. The summed E-state index contributed by atoms with van der Waals surface area (Å²) in [6.45, 7) is 1.15. The smallest absolute Gasteiger partial charge is 0.0904 e. The Hall–Kier alpha value is -0.440. The molecular formula is C7H12N2O2S. The molecule has 12 heavy (non-hydrogen) atoms.